The minimum absolute atomic E-state index is 0.0108. The quantitative estimate of drug-likeness (QED) is 0.0114. The second-order valence-corrected chi connectivity index (χ2v) is 27.6. The molecule has 0 saturated carbocycles. The van der Waals surface area contributed by atoms with Crippen LogP contribution in [0.25, 0.3) is 10.9 Å². The van der Waals surface area contributed by atoms with Crippen LogP contribution in [0.15, 0.2) is 105 Å². The first-order chi connectivity index (χ1) is 45.1. The Morgan fingerprint density at radius 1 is 0.779 bits per heavy atom. The average Bonchev–Trinajstić information content (AvgIpc) is 0.753. The van der Waals surface area contributed by atoms with E-state index in [4.69, 9.17) is 54.3 Å². The van der Waals surface area contributed by atoms with Gasteiger partial charge in [-0.25, -0.2) is 19.4 Å². The third-order valence-corrected chi connectivity index (χ3v) is 18.0. The number of anilines is 1. The van der Waals surface area contributed by atoms with Crippen LogP contribution in [0.3, 0.4) is 0 Å². The molecule has 5 heterocycles. The number of hydrogen-bond acceptors (Lipinski definition) is 21. The number of nitrogens with one attached hydrogen (secondary N) is 3. The fourth-order valence-corrected chi connectivity index (χ4v) is 13.0. The van der Waals surface area contributed by atoms with Gasteiger partial charge in [0.15, 0.2) is 28.0 Å². The maximum absolute atomic E-state index is 14.7. The van der Waals surface area contributed by atoms with Crippen molar-refractivity contribution in [3.05, 3.63) is 139 Å². The van der Waals surface area contributed by atoms with Crippen LogP contribution < -0.4 is 45.1 Å². The minimum Gasteiger partial charge on any atom is -0.497 e. The molecule has 6 aromatic rings. The van der Waals surface area contributed by atoms with Crippen LogP contribution in [-0.4, -0.2) is 154 Å². The third kappa shape index (κ3) is 17.1. The first-order valence-corrected chi connectivity index (χ1v) is 33.1. The number of ether oxygens (including phenoxy) is 8. The molecule has 2 fully saturated rings. The third-order valence-electron chi connectivity index (χ3n) is 15.5. The number of nitrogens with zero attached hydrogens (tertiary/aromatic N) is 6. The maximum Gasteiger partial charge on any atom is 0.413 e. The van der Waals surface area contributed by atoms with E-state index in [0.29, 0.717) is 58.0 Å². The van der Waals surface area contributed by atoms with Crippen molar-refractivity contribution >= 4 is 92.2 Å². The molecule has 4 aromatic carbocycles. The first kappa shape index (κ1) is 70.4. The van der Waals surface area contributed by atoms with Gasteiger partial charge in [0.25, 0.3) is 17.7 Å². The number of amides is 4. The van der Waals surface area contributed by atoms with E-state index < -0.39 is 75.1 Å². The smallest absolute Gasteiger partial charge is 0.413 e. The standard InChI is InChI=1S/C67H78ClN9O16S2/c1-13-75-47-32-48(88-34-39-16-22-43(85-10)23-17-39)56(89-35-40-18-24-44(86-11)25-19-40)50(68)49(47)55(78)52(73-75)57(79)69-28-31-77(29-14-15-30-77)33-42-37-94-60-53(59(81)76(60)54(42)61(82)90-36-41-20-26-45(87-12)27-21-41)71-58(80)51(74-93-67(8,9)62(83)91-65(2,3)4)46-38-95-63(70-46)72-64(84)92-66(5,6)7/h16-27,32,38,53,60H,13-15,28-31,33-37H2,1-12H3,(H2-,69,70,71,72,79,80,84)/p+1/b74-51-/t53-,60-/m1/s1. The number of fused-ring (bicyclic) bond motifs is 2. The van der Waals surface area contributed by atoms with Crippen LogP contribution >= 0.6 is 34.7 Å². The van der Waals surface area contributed by atoms with Gasteiger partial charge < -0.3 is 57.8 Å². The van der Waals surface area contributed by atoms with Crippen LogP contribution in [0.1, 0.15) is 108 Å². The Labute approximate surface area is 563 Å². The number of aryl methyl sites for hydroxylation is 1. The maximum atomic E-state index is 14.7. The Kier molecular flexibility index (Phi) is 22.1. The number of thioether (sulfide) groups is 1. The van der Waals surface area contributed by atoms with Gasteiger partial charge in [-0.1, -0.05) is 53.2 Å². The molecule has 0 unspecified atom stereocenters. The molecule has 9 rings (SSSR count). The van der Waals surface area contributed by atoms with Crippen molar-refractivity contribution in [1.82, 2.24) is 30.3 Å². The van der Waals surface area contributed by atoms with Crippen LogP contribution in [0.4, 0.5) is 9.93 Å². The minimum atomic E-state index is -1.72. The van der Waals surface area contributed by atoms with Crippen molar-refractivity contribution in [1.29, 1.82) is 0 Å². The SMILES string of the molecule is CCn1nc(C(=O)NCC[N+]2(CC3=C(C(=O)OCc4ccc(OC)cc4)N4C(=O)[C@@H](NC(=O)/C(=N\OC(C)(C)C(=O)OC(C)(C)C)c5csc(NC(=O)OC(C)(C)C)n5)[C@H]4SC3)CCCC2)c(=O)c2c(Cl)c(OCc3ccc(OC)cc3)c(OCc3ccc(OC)cc3)cc21. The van der Waals surface area contributed by atoms with Crippen molar-refractivity contribution in [3.8, 4) is 28.7 Å². The summed E-state index contributed by atoms with van der Waals surface area (Å²) in [5, 5.41) is 17.6. The summed E-state index contributed by atoms with van der Waals surface area (Å²) in [4.78, 5) is 111. The number of oxime groups is 1. The highest BCUT2D eigenvalue weighted by Crippen LogP contribution is 2.44. The number of β-lactam (4-membered cyclic amide) rings is 1. The van der Waals surface area contributed by atoms with E-state index in [2.05, 4.69) is 31.2 Å². The predicted molar refractivity (Wildman–Crippen MR) is 357 cm³/mol. The predicted octanol–water partition coefficient (Wildman–Crippen LogP) is 9.34. The van der Waals surface area contributed by atoms with Gasteiger partial charge in [0, 0.05) is 42.2 Å². The van der Waals surface area contributed by atoms with E-state index in [9.17, 15) is 33.6 Å². The number of esters is 2. The molecule has 25 nitrogen and oxygen atoms in total. The monoisotopic (exact) mass is 1360 g/mol. The van der Waals surface area contributed by atoms with E-state index >= 15 is 0 Å². The molecule has 28 heteroatoms. The number of rotatable bonds is 26. The molecule has 0 bridgehead atoms. The Bertz CT molecular complexity index is 3970. The molecule has 2 saturated heterocycles. The first-order valence-electron chi connectivity index (χ1n) is 30.8. The van der Waals surface area contributed by atoms with Gasteiger partial charge in [-0.3, -0.25) is 34.1 Å². The Morgan fingerprint density at radius 3 is 1.93 bits per heavy atom. The molecule has 2 aromatic heterocycles. The zero-order valence-electron chi connectivity index (χ0n) is 55.1. The van der Waals surface area contributed by atoms with Crippen molar-refractivity contribution in [3.63, 3.8) is 0 Å². The Balaban J connectivity index is 0.968. The highest BCUT2D eigenvalue weighted by Gasteiger charge is 2.56. The summed E-state index contributed by atoms with van der Waals surface area (Å²) < 4.78 is 47.6. The van der Waals surface area contributed by atoms with Crippen LogP contribution in [0.5, 0.6) is 28.7 Å². The van der Waals surface area contributed by atoms with Crippen LogP contribution in [0.2, 0.25) is 5.02 Å². The normalized spacial score (nSPS) is 16.2. The topological polar surface area (TPSA) is 285 Å². The number of quaternary nitrogens is 1. The molecule has 0 spiro atoms. The molecule has 0 radical (unpaired) electrons. The average molecular weight is 1370 g/mol. The van der Waals surface area contributed by atoms with Gasteiger partial charge >= 0.3 is 18.0 Å². The number of carbonyl (C=O) groups excluding carboxylic acids is 6. The molecule has 3 aliphatic heterocycles. The molecule has 95 heavy (non-hydrogen) atoms. The largest absolute Gasteiger partial charge is 0.497 e. The molecule has 3 aliphatic rings. The fourth-order valence-electron chi connectivity index (χ4n) is 10.7. The fraction of sp³-hybridized carbons (Fsp3) is 0.433. The van der Waals surface area contributed by atoms with Gasteiger partial charge in [-0.15, -0.1) is 23.1 Å². The number of carbonyl (C=O) groups is 6. The molecular weight excluding hydrogens is 1290 g/mol. The molecular formula is C67H79ClN9O16S2+. The number of hydrogen-bond donors (Lipinski definition) is 3. The van der Waals surface area contributed by atoms with Gasteiger partial charge in [-0.05, 0) is 115 Å². The summed E-state index contributed by atoms with van der Waals surface area (Å²) in [5.74, 6) is -1.31. The highest BCUT2D eigenvalue weighted by atomic mass is 35.5. The summed E-state index contributed by atoms with van der Waals surface area (Å²) in [6, 6.07) is 22.0. The van der Waals surface area contributed by atoms with Crippen molar-refractivity contribution in [2.24, 2.45) is 5.16 Å². The Morgan fingerprint density at radius 2 is 1.36 bits per heavy atom. The summed E-state index contributed by atoms with van der Waals surface area (Å²) in [5.41, 5.74) is -1.84. The van der Waals surface area contributed by atoms with Crippen LogP contribution in [-0.2, 0) is 64.6 Å². The second-order valence-electron chi connectivity index (χ2n) is 25.3. The summed E-state index contributed by atoms with van der Waals surface area (Å²) in [6.07, 6.45) is 0.849. The number of thiazole rings is 1. The second kappa shape index (κ2) is 29.8. The van der Waals surface area contributed by atoms with Crippen LogP contribution in [0, 0.1) is 0 Å². The molecule has 4 amide bonds. The summed E-state index contributed by atoms with van der Waals surface area (Å²) in [6.45, 7) is 17.1. The zero-order chi connectivity index (χ0) is 68.6. The lowest BCUT2D eigenvalue weighted by Crippen LogP contribution is -2.71. The number of aromatic nitrogens is 3. The van der Waals surface area contributed by atoms with Crippen molar-refractivity contribution in [2.75, 3.05) is 65.1 Å². The number of benzene rings is 4. The van der Waals surface area contributed by atoms with Gasteiger partial charge in [0.2, 0.25) is 11.0 Å². The van der Waals surface area contributed by atoms with E-state index in [1.54, 1.807) is 98.2 Å². The van der Waals surface area contributed by atoms with E-state index in [-0.39, 0.29) is 89.3 Å². The molecule has 0 aliphatic carbocycles. The number of halogens is 1. The molecule has 2 atom stereocenters. The Hall–Kier alpha value is -8.92. The van der Waals surface area contributed by atoms with E-state index in [1.807, 2.05) is 43.3 Å². The lowest BCUT2D eigenvalue weighted by molar-refractivity contribution is -0.911. The number of methoxy groups -OCH3 is 3. The van der Waals surface area contributed by atoms with E-state index in [0.717, 1.165) is 35.3 Å². The molecule has 506 valence electrons. The lowest BCUT2D eigenvalue weighted by Gasteiger charge is -2.50. The van der Waals surface area contributed by atoms with E-state index in [1.165, 1.54) is 47.7 Å². The summed E-state index contributed by atoms with van der Waals surface area (Å²) in [7, 11) is 4.69. The molecule has 3 N–H and O–H groups in total. The summed E-state index contributed by atoms with van der Waals surface area (Å²) >= 11 is 9.51. The van der Waals surface area contributed by atoms with Crippen molar-refractivity contribution in [2.45, 2.75) is 130 Å². The van der Waals surface area contributed by atoms with Gasteiger partial charge in [0.1, 0.15) is 77.6 Å². The van der Waals surface area contributed by atoms with Gasteiger partial charge in [0.05, 0.1) is 63.4 Å². The van der Waals surface area contributed by atoms with Gasteiger partial charge in [-0.2, -0.15) is 5.10 Å². The highest BCUT2D eigenvalue weighted by molar-refractivity contribution is 8.00. The van der Waals surface area contributed by atoms with Crippen molar-refractivity contribution < 1.29 is 76.0 Å². The zero-order valence-corrected chi connectivity index (χ0v) is 57.5. The lowest BCUT2D eigenvalue weighted by atomic mass is 10.0. The number of likely N-dealkylation sites (tertiary alicyclic amines) is 1.